The van der Waals surface area contributed by atoms with Crippen molar-refractivity contribution >= 4 is 5.91 Å². The second kappa shape index (κ2) is 7.29. The highest BCUT2D eigenvalue weighted by Gasteiger charge is 2.21. The van der Waals surface area contributed by atoms with Crippen LogP contribution in [0.2, 0.25) is 0 Å². The summed E-state index contributed by atoms with van der Waals surface area (Å²) in [5.41, 5.74) is 8.04. The van der Waals surface area contributed by atoms with E-state index in [0.29, 0.717) is 18.8 Å². The predicted molar refractivity (Wildman–Crippen MR) is 81.8 cm³/mol. The summed E-state index contributed by atoms with van der Waals surface area (Å²) in [5.74, 6) is 0.699. The van der Waals surface area contributed by atoms with Crippen LogP contribution in [-0.4, -0.2) is 30.0 Å². The molecule has 4 heteroatoms. The molecule has 0 heterocycles. The van der Waals surface area contributed by atoms with E-state index >= 15 is 0 Å². The Balaban J connectivity index is 2.90. The van der Waals surface area contributed by atoms with Gasteiger partial charge in [0.1, 0.15) is 5.75 Å². The number of benzene rings is 1. The second-order valence-electron chi connectivity index (χ2n) is 5.10. The van der Waals surface area contributed by atoms with Crippen LogP contribution in [0.25, 0.3) is 0 Å². The van der Waals surface area contributed by atoms with E-state index in [2.05, 4.69) is 0 Å². The molecule has 1 unspecified atom stereocenters. The van der Waals surface area contributed by atoms with E-state index in [1.54, 1.807) is 11.8 Å². The van der Waals surface area contributed by atoms with E-state index in [4.69, 9.17) is 10.5 Å². The Bertz CT molecular complexity index is 454. The Kier molecular flexibility index (Phi) is 6.02. The van der Waals surface area contributed by atoms with Crippen molar-refractivity contribution in [1.29, 1.82) is 0 Å². The number of aryl methyl sites for hydroxylation is 1. The Morgan fingerprint density at radius 2 is 1.90 bits per heavy atom. The maximum atomic E-state index is 12.2. The molecule has 0 radical (unpaired) electrons. The van der Waals surface area contributed by atoms with Crippen molar-refractivity contribution in [2.75, 3.05) is 13.1 Å². The number of likely N-dealkylation sites (N-methyl/N-ethyl adjacent to an activating group) is 1. The Morgan fingerprint density at radius 1 is 1.30 bits per heavy atom. The van der Waals surface area contributed by atoms with Crippen LogP contribution in [0.1, 0.15) is 44.9 Å². The standard InChI is InChI=1S/C16H26N2O2/c1-6-18(7-2)16(19)13(5)20-15-9-8-11(3)10-14(15)12(4)17/h8-10,12-13H,6-7,17H2,1-5H3/t12-,13?/m1/s1. The highest BCUT2D eigenvalue weighted by Crippen LogP contribution is 2.26. The van der Waals surface area contributed by atoms with Crippen LogP contribution in [0, 0.1) is 6.92 Å². The lowest BCUT2D eigenvalue weighted by Crippen LogP contribution is -2.40. The summed E-state index contributed by atoms with van der Waals surface area (Å²) >= 11 is 0. The second-order valence-corrected chi connectivity index (χ2v) is 5.10. The number of hydrogen-bond donors (Lipinski definition) is 1. The van der Waals surface area contributed by atoms with Crippen molar-refractivity contribution in [3.63, 3.8) is 0 Å². The summed E-state index contributed by atoms with van der Waals surface area (Å²) < 4.78 is 5.84. The van der Waals surface area contributed by atoms with Crippen LogP contribution < -0.4 is 10.5 Å². The number of nitrogens with zero attached hydrogens (tertiary/aromatic N) is 1. The van der Waals surface area contributed by atoms with Gasteiger partial charge in [-0.3, -0.25) is 4.79 Å². The van der Waals surface area contributed by atoms with Gasteiger partial charge in [0.15, 0.2) is 6.10 Å². The summed E-state index contributed by atoms with van der Waals surface area (Å²) in [6.45, 7) is 11.0. The lowest BCUT2D eigenvalue weighted by molar-refractivity contribution is -0.137. The molecule has 0 bridgehead atoms. The van der Waals surface area contributed by atoms with Crippen molar-refractivity contribution < 1.29 is 9.53 Å². The minimum Gasteiger partial charge on any atom is -0.481 e. The number of nitrogens with two attached hydrogens (primary N) is 1. The first-order valence-electron chi connectivity index (χ1n) is 7.22. The van der Waals surface area contributed by atoms with Crippen molar-refractivity contribution in [3.8, 4) is 5.75 Å². The zero-order valence-corrected chi connectivity index (χ0v) is 13.1. The van der Waals surface area contributed by atoms with Crippen LogP contribution >= 0.6 is 0 Å². The topological polar surface area (TPSA) is 55.6 Å². The fourth-order valence-electron chi connectivity index (χ4n) is 2.16. The van der Waals surface area contributed by atoms with E-state index in [0.717, 1.165) is 11.1 Å². The minimum absolute atomic E-state index is 0.00574. The summed E-state index contributed by atoms with van der Waals surface area (Å²) in [6.07, 6.45) is -0.505. The van der Waals surface area contributed by atoms with Gasteiger partial charge in [-0.25, -0.2) is 0 Å². The SMILES string of the molecule is CCN(CC)C(=O)C(C)Oc1ccc(C)cc1[C@@H](C)N. The van der Waals surface area contributed by atoms with Gasteiger partial charge in [-0.05, 0) is 40.7 Å². The number of carbonyl (C=O) groups is 1. The van der Waals surface area contributed by atoms with Gasteiger partial charge in [0.25, 0.3) is 5.91 Å². The molecule has 0 spiro atoms. The molecule has 1 rings (SSSR count). The molecule has 1 amide bonds. The number of rotatable bonds is 6. The van der Waals surface area contributed by atoms with Crippen LogP contribution in [0.15, 0.2) is 18.2 Å². The molecule has 0 aliphatic rings. The van der Waals surface area contributed by atoms with Crippen molar-refractivity contribution in [2.45, 2.75) is 46.8 Å². The lowest BCUT2D eigenvalue weighted by atomic mass is 10.1. The van der Waals surface area contributed by atoms with Crippen LogP contribution in [0.5, 0.6) is 5.75 Å². The molecule has 4 nitrogen and oxygen atoms in total. The Morgan fingerprint density at radius 3 is 2.40 bits per heavy atom. The fourth-order valence-corrected chi connectivity index (χ4v) is 2.16. The van der Waals surface area contributed by atoms with Gasteiger partial charge in [-0.1, -0.05) is 17.7 Å². The van der Waals surface area contributed by atoms with Gasteiger partial charge in [0.05, 0.1) is 0 Å². The van der Waals surface area contributed by atoms with Gasteiger partial charge in [0, 0.05) is 24.7 Å². The highest BCUT2D eigenvalue weighted by molar-refractivity contribution is 5.80. The third-order valence-corrected chi connectivity index (χ3v) is 3.38. The predicted octanol–water partition coefficient (Wildman–Crippen LogP) is 2.65. The van der Waals surface area contributed by atoms with E-state index in [1.807, 2.05) is 45.9 Å². The summed E-state index contributed by atoms with van der Waals surface area (Å²) in [5, 5.41) is 0. The molecule has 1 aromatic carbocycles. The fraction of sp³-hybridized carbons (Fsp3) is 0.562. The summed E-state index contributed by atoms with van der Waals surface area (Å²) in [6, 6.07) is 5.74. The first-order chi connectivity index (χ1) is 9.40. The van der Waals surface area contributed by atoms with E-state index in [9.17, 15) is 4.79 Å². The number of carbonyl (C=O) groups excluding carboxylic acids is 1. The molecular weight excluding hydrogens is 252 g/mol. The average Bonchev–Trinajstić information content (AvgIpc) is 2.41. The summed E-state index contributed by atoms with van der Waals surface area (Å²) in [4.78, 5) is 14.0. The molecule has 0 saturated carbocycles. The first-order valence-corrected chi connectivity index (χ1v) is 7.22. The first kappa shape index (κ1) is 16.5. The normalized spacial score (nSPS) is 13.7. The largest absolute Gasteiger partial charge is 0.481 e. The molecule has 0 aromatic heterocycles. The maximum Gasteiger partial charge on any atom is 0.263 e. The third-order valence-electron chi connectivity index (χ3n) is 3.38. The van der Waals surface area contributed by atoms with Crippen LogP contribution in [0.4, 0.5) is 0 Å². The van der Waals surface area contributed by atoms with E-state index < -0.39 is 6.10 Å². The van der Waals surface area contributed by atoms with E-state index in [-0.39, 0.29) is 11.9 Å². The number of amides is 1. The molecule has 0 aliphatic carbocycles. The highest BCUT2D eigenvalue weighted by atomic mass is 16.5. The van der Waals surface area contributed by atoms with E-state index in [1.165, 1.54) is 0 Å². The molecule has 0 aliphatic heterocycles. The Labute approximate surface area is 121 Å². The third kappa shape index (κ3) is 3.97. The Hall–Kier alpha value is -1.55. The number of hydrogen-bond acceptors (Lipinski definition) is 3. The molecule has 0 fully saturated rings. The molecule has 1 aromatic rings. The van der Waals surface area contributed by atoms with Crippen molar-refractivity contribution in [3.05, 3.63) is 29.3 Å². The lowest BCUT2D eigenvalue weighted by Gasteiger charge is -2.24. The quantitative estimate of drug-likeness (QED) is 0.870. The van der Waals surface area contributed by atoms with Gasteiger partial charge in [0.2, 0.25) is 0 Å². The monoisotopic (exact) mass is 278 g/mol. The molecule has 20 heavy (non-hydrogen) atoms. The minimum atomic E-state index is -0.505. The maximum absolute atomic E-state index is 12.2. The zero-order chi connectivity index (χ0) is 15.3. The zero-order valence-electron chi connectivity index (χ0n) is 13.1. The van der Waals surface area contributed by atoms with Gasteiger partial charge < -0.3 is 15.4 Å². The molecule has 0 saturated heterocycles. The number of ether oxygens (including phenoxy) is 1. The van der Waals surface area contributed by atoms with Crippen molar-refractivity contribution in [1.82, 2.24) is 4.90 Å². The average molecular weight is 278 g/mol. The summed E-state index contributed by atoms with van der Waals surface area (Å²) in [7, 11) is 0. The smallest absolute Gasteiger partial charge is 0.263 e. The van der Waals surface area contributed by atoms with Gasteiger partial charge in [-0.15, -0.1) is 0 Å². The molecule has 2 atom stereocenters. The molecular formula is C16H26N2O2. The van der Waals surface area contributed by atoms with Gasteiger partial charge >= 0.3 is 0 Å². The van der Waals surface area contributed by atoms with Crippen LogP contribution in [0.3, 0.4) is 0 Å². The molecule has 112 valence electrons. The molecule has 2 N–H and O–H groups in total. The van der Waals surface area contributed by atoms with Crippen molar-refractivity contribution in [2.24, 2.45) is 5.73 Å². The van der Waals surface area contributed by atoms with Gasteiger partial charge in [-0.2, -0.15) is 0 Å². The van der Waals surface area contributed by atoms with Crippen LogP contribution in [-0.2, 0) is 4.79 Å².